The summed E-state index contributed by atoms with van der Waals surface area (Å²) in [6.07, 6.45) is 5.01. The summed E-state index contributed by atoms with van der Waals surface area (Å²) in [7, 11) is 0. The highest BCUT2D eigenvalue weighted by Gasteiger charge is 2.32. The fraction of sp³-hybridized carbons (Fsp3) is 0.333. The van der Waals surface area contributed by atoms with Gasteiger partial charge in [-0.25, -0.2) is 4.68 Å². The van der Waals surface area contributed by atoms with E-state index in [0.29, 0.717) is 11.6 Å². The molecule has 1 fully saturated rings. The molecule has 162 valence electrons. The number of aromatic amines is 1. The molecule has 32 heavy (non-hydrogen) atoms. The Hall–Kier alpha value is -3.34. The molecule has 0 saturated carbocycles. The summed E-state index contributed by atoms with van der Waals surface area (Å²) in [6, 6.07) is 19.0. The van der Waals surface area contributed by atoms with Crippen LogP contribution in [0.3, 0.4) is 0 Å². The monoisotopic (exact) mass is 424 g/mol. The second-order valence-electron chi connectivity index (χ2n) is 9.20. The summed E-state index contributed by atoms with van der Waals surface area (Å²) in [5, 5.41) is 6.13. The van der Waals surface area contributed by atoms with E-state index in [9.17, 15) is 4.79 Å². The average molecular weight is 425 g/mol. The van der Waals surface area contributed by atoms with Crippen LogP contribution >= 0.6 is 0 Å². The molecule has 0 spiro atoms. The number of aryl methyl sites for hydroxylation is 1. The Morgan fingerprint density at radius 1 is 1.03 bits per heavy atom. The van der Waals surface area contributed by atoms with Crippen LogP contribution in [0.1, 0.15) is 58.2 Å². The molecule has 6 rings (SSSR count). The number of nitrogens with one attached hydrogen (secondary N) is 1. The normalized spacial score (nSPS) is 16.6. The predicted octanol–water partition coefficient (Wildman–Crippen LogP) is 5.17. The van der Waals surface area contributed by atoms with Gasteiger partial charge >= 0.3 is 0 Å². The minimum absolute atomic E-state index is 0.102. The fourth-order valence-corrected chi connectivity index (χ4v) is 5.47. The van der Waals surface area contributed by atoms with Gasteiger partial charge in [-0.1, -0.05) is 36.4 Å². The van der Waals surface area contributed by atoms with E-state index in [2.05, 4.69) is 54.4 Å². The number of rotatable bonds is 3. The van der Waals surface area contributed by atoms with Gasteiger partial charge in [0.05, 0.1) is 5.69 Å². The van der Waals surface area contributed by atoms with Gasteiger partial charge in [0.2, 0.25) is 0 Å². The van der Waals surface area contributed by atoms with Crippen molar-refractivity contribution in [1.82, 2.24) is 19.7 Å². The minimum atomic E-state index is 0.102. The summed E-state index contributed by atoms with van der Waals surface area (Å²) >= 11 is 0. The van der Waals surface area contributed by atoms with E-state index in [4.69, 9.17) is 5.10 Å². The van der Waals surface area contributed by atoms with Crippen LogP contribution in [-0.4, -0.2) is 38.7 Å². The first kappa shape index (κ1) is 19.4. The Balaban J connectivity index is 1.23. The first-order valence-electron chi connectivity index (χ1n) is 11.7. The first-order chi connectivity index (χ1) is 15.7. The molecule has 2 aromatic heterocycles. The van der Waals surface area contributed by atoms with Crippen LogP contribution in [0.5, 0.6) is 0 Å². The van der Waals surface area contributed by atoms with Gasteiger partial charge in [-0.2, -0.15) is 5.10 Å². The van der Waals surface area contributed by atoms with Gasteiger partial charge in [0.1, 0.15) is 0 Å². The first-order valence-corrected chi connectivity index (χ1v) is 11.7. The number of fused-ring (bicyclic) bond motifs is 2. The zero-order valence-corrected chi connectivity index (χ0v) is 18.5. The molecule has 0 atom stereocenters. The molecule has 0 radical (unpaired) electrons. The lowest BCUT2D eigenvalue weighted by Gasteiger charge is -2.31. The average Bonchev–Trinajstić information content (AvgIpc) is 3.54. The number of H-pyrrole nitrogens is 1. The molecule has 3 heterocycles. The molecule has 2 aliphatic rings. The van der Waals surface area contributed by atoms with Crippen LogP contribution in [0.2, 0.25) is 0 Å². The smallest absolute Gasteiger partial charge is 0.274 e. The number of hydrogen-bond acceptors (Lipinski definition) is 2. The largest absolute Gasteiger partial charge is 0.358 e. The summed E-state index contributed by atoms with van der Waals surface area (Å²) < 4.78 is 2.03. The lowest BCUT2D eigenvalue weighted by Crippen LogP contribution is -2.38. The molecule has 2 aromatic carbocycles. The molecule has 1 amide bonds. The number of benzene rings is 2. The standard InChI is InChI=1S/C27H28N4O/c1-18-7-2-5-11-24(18)31-25-12-6-9-21(25)26(29-31)27(32)30-15-13-19(14-16-30)23-17-20-8-3-4-10-22(20)28-23/h2-5,7-8,10-11,17,19,28H,6,9,12-16H2,1H3. The predicted molar refractivity (Wildman–Crippen MR) is 127 cm³/mol. The molecule has 1 aliphatic heterocycles. The van der Waals surface area contributed by atoms with Crippen molar-refractivity contribution in [2.75, 3.05) is 13.1 Å². The molecule has 1 aliphatic carbocycles. The Morgan fingerprint density at radius 2 is 1.81 bits per heavy atom. The van der Waals surface area contributed by atoms with Crippen LogP contribution in [0.4, 0.5) is 0 Å². The maximum Gasteiger partial charge on any atom is 0.274 e. The van der Waals surface area contributed by atoms with Gasteiger partial charge < -0.3 is 9.88 Å². The molecule has 1 N–H and O–H groups in total. The lowest BCUT2D eigenvalue weighted by molar-refractivity contribution is 0.0704. The zero-order valence-electron chi connectivity index (χ0n) is 18.5. The Labute approximate surface area is 188 Å². The molecule has 0 bridgehead atoms. The van der Waals surface area contributed by atoms with Crippen molar-refractivity contribution >= 4 is 16.8 Å². The Bertz CT molecular complexity index is 1270. The van der Waals surface area contributed by atoms with E-state index in [-0.39, 0.29) is 5.91 Å². The van der Waals surface area contributed by atoms with Gasteiger partial charge in [-0.15, -0.1) is 0 Å². The molecule has 4 aromatic rings. The number of hydrogen-bond donors (Lipinski definition) is 1. The van der Waals surface area contributed by atoms with Gasteiger partial charge in [-0.3, -0.25) is 4.79 Å². The van der Waals surface area contributed by atoms with Crippen molar-refractivity contribution in [2.24, 2.45) is 0 Å². The highest BCUT2D eigenvalue weighted by molar-refractivity contribution is 5.94. The van der Waals surface area contributed by atoms with Gasteiger partial charge in [-0.05, 0) is 68.2 Å². The van der Waals surface area contributed by atoms with Gasteiger partial charge in [0.15, 0.2) is 5.69 Å². The molecule has 5 heteroatoms. The van der Waals surface area contributed by atoms with Crippen molar-refractivity contribution < 1.29 is 4.79 Å². The summed E-state index contributed by atoms with van der Waals surface area (Å²) in [5.74, 6) is 0.576. The number of amides is 1. The number of piperidine rings is 1. The number of carbonyl (C=O) groups excluding carboxylic acids is 1. The SMILES string of the molecule is Cc1ccccc1-n1nc(C(=O)N2CCC(c3cc4ccccc4[nH]3)CC2)c2c1CCC2. The van der Waals surface area contributed by atoms with E-state index >= 15 is 0 Å². The molecular formula is C27H28N4O. The second-order valence-corrected chi connectivity index (χ2v) is 9.20. The van der Waals surface area contributed by atoms with E-state index < -0.39 is 0 Å². The molecule has 0 unspecified atom stereocenters. The Kier molecular flexibility index (Phi) is 4.63. The highest BCUT2D eigenvalue weighted by atomic mass is 16.2. The number of carbonyl (C=O) groups is 1. The van der Waals surface area contributed by atoms with Crippen LogP contribution < -0.4 is 0 Å². The molecule has 1 saturated heterocycles. The number of nitrogens with zero attached hydrogens (tertiary/aromatic N) is 3. The van der Waals surface area contributed by atoms with Crippen molar-refractivity contribution in [3.05, 3.63) is 82.8 Å². The van der Waals surface area contributed by atoms with E-state index in [1.54, 1.807) is 0 Å². The van der Waals surface area contributed by atoms with Gasteiger partial charge in [0.25, 0.3) is 5.91 Å². The molecule has 5 nitrogen and oxygen atoms in total. The third-order valence-electron chi connectivity index (χ3n) is 7.25. The number of aromatic nitrogens is 3. The molecular weight excluding hydrogens is 396 g/mol. The quantitative estimate of drug-likeness (QED) is 0.493. The van der Waals surface area contributed by atoms with Crippen LogP contribution in [0, 0.1) is 6.92 Å². The van der Waals surface area contributed by atoms with Crippen LogP contribution in [0.15, 0.2) is 54.6 Å². The van der Waals surface area contributed by atoms with Crippen LogP contribution in [-0.2, 0) is 12.8 Å². The van der Waals surface area contributed by atoms with Crippen molar-refractivity contribution in [3.8, 4) is 5.69 Å². The minimum Gasteiger partial charge on any atom is -0.358 e. The number of likely N-dealkylation sites (tertiary alicyclic amines) is 1. The third-order valence-corrected chi connectivity index (χ3v) is 7.25. The second kappa shape index (κ2) is 7.66. The lowest BCUT2D eigenvalue weighted by atomic mass is 9.93. The maximum atomic E-state index is 13.5. The highest BCUT2D eigenvalue weighted by Crippen LogP contribution is 2.33. The fourth-order valence-electron chi connectivity index (χ4n) is 5.47. The number of para-hydroxylation sites is 2. The van der Waals surface area contributed by atoms with Gasteiger partial charge in [0, 0.05) is 41.5 Å². The summed E-state index contributed by atoms with van der Waals surface area (Å²) in [4.78, 5) is 19.1. The Morgan fingerprint density at radius 3 is 2.62 bits per heavy atom. The van der Waals surface area contributed by atoms with Crippen molar-refractivity contribution in [2.45, 2.75) is 44.9 Å². The third kappa shape index (κ3) is 3.15. The van der Waals surface area contributed by atoms with Crippen molar-refractivity contribution in [1.29, 1.82) is 0 Å². The zero-order chi connectivity index (χ0) is 21.7. The summed E-state index contributed by atoms with van der Waals surface area (Å²) in [5.41, 5.74) is 7.81. The topological polar surface area (TPSA) is 53.9 Å². The summed E-state index contributed by atoms with van der Waals surface area (Å²) in [6.45, 7) is 3.67. The van der Waals surface area contributed by atoms with E-state index in [1.165, 1.54) is 27.9 Å². The van der Waals surface area contributed by atoms with E-state index in [1.807, 2.05) is 21.7 Å². The van der Waals surface area contributed by atoms with Crippen LogP contribution in [0.25, 0.3) is 16.6 Å². The maximum absolute atomic E-state index is 13.5. The van der Waals surface area contributed by atoms with Crippen molar-refractivity contribution in [3.63, 3.8) is 0 Å². The van der Waals surface area contributed by atoms with E-state index in [0.717, 1.165) is 56.4 Å².